The minimum absolute atomic E-state index is 0.00543. The second-order valence-corrected chi connectivity index (χ2v) is 22.8. The Labute approximate surface area is 423 Å². The summed E-state index contributed by atoms with van der Waals surface area (Å²) >= 11 is 0. The first-order valence-electron chi connectivity index (χ1n) is 29.4. The molecule has 8 nitrogen and oxygen atoms in total. The average molecular weight is 980 g/mol. The first-order valence-corrected chi connectivity index (χ1v) is 30.8. The van der Waals surface area contributed by atoms with Crippen molar-refractivity contribution < 1.29 is 32.9 Å². The van der Waals surface area contributed by atoms with E-state index in [0.717, 1.165) is 38.5 Å². The zero-order valence-electron chi connectivity index (χ0n) is 45.8. The van der Waals surface area contributed by atoms with E-state index in [4.69, 9.17) is 9.05 Å². The van der Waals surface area contributed by atoms with E-state index in [2.05, 4.69) is 43.5 Å². The highest BCUT2D eigenvalue weighted by atomic mass is 31.2. The molecule has 0 heterocycles. The molecule has 0 aliphatic rings. The highest BCUT2D eigenvalue weighted by Gasteiger charge is 2.23. The van der Waals surface area contributed by atoms with Crippen LogP contribution in [0.25, 0.3) is 0 Å². The molecule has 0 radical (unpaired) electrons. The lowest BCUT2D eigenvalue weighted by atomic mass is 10.0. The number of carbonyl (C=O) groups is 1. The summed E-state index contributed by atoms with van der Waals surface area (Å²) < 4.78 is 23.2. The molecule has 0 rings (SSSR count). The van der Waals surface area contributed by atoms with Gasteiger partial charge in [0.15, 0.2) is 0 Å². The Bertz CT molecular complexity index is 1200. The predicted octanol–water partition coefficient (Wildman–Crippen LogP) is 17.1. The van der Waals surface area contributed by atoms with E-state index in [1.54, 1.807) is 6.08 Å². The number of nitrogens with one attached hydrogen (secondary N) is 1. The van der Waals surface area contributed by atoms with Crippen molar-refractivity contribution in [1.82, 2.24) is 5.32 Å². The number of unbranched alkanes of at least 4 members (excludes halogenated alkanes) is 37. The number of phosphoric acid groups is 1. The number of amides is 1. The summed E-state index contributed by atoms with van der Waals surface area (Å²) in [5.41, 5.74) is 0. The maximum atomic E-state index is 12.9. The monoisotopic (exact) mass is 979 g/mol. The predicted molar refractivity (Wildman–Crippen MR) is 293 cm³/mol. The van der Waals surface area contributed by atoms with Gasteiger partial charge in [0.05, 0.1) is 39.9 Å². The quantitative estimate of drug-likeness (QED) is 0.0272. The third kappa shape index (κ3) is 52.5. The standard InChI is InChI=1S/C59H115N2O6P/c1-6-8-10-12-14-16-18-19-20-21-22-23-24-25-26-27-28-29-30-31-32-33-34-35-36-37-38-39-40-41-43-45-47-49-51-53-59(63)60-57(56-67-68(64,65)66-55-54-61(3,4)5)58(62)52-50-48-46-44-42-17-15-13-11-9-7-2/h27-28,42,44,50,52,57-58,62H,6-26,29-41,43,45-49,51,53-56H2,1-5H3,(H-,60,63,64,65)/b28-27-,44-42+,52-50+. The maximum Gasteiger partial charge on any atom is 0.268 e. The van der Waals surface area contributed by atoms with E-state index in [9.17, 15) is 19.4 Å². The van der Waals surface area contributed by atoms with Gasteiger partial charge in [0, 0.05) is 6.42 Å². The highest BCUT2D eigenvalue weighted by Crippen LogP contribution is 2.38. The maximum absolute atomic E-state index is 12.9. The highest BCUT2D eigenvalue weighted by molar-refractivity contribution is 7.45. The van der Waals surface area contributed by atoms with Crippen molar-refractivity contribution in [2.75, 3.05) is 40.9 Å². The molecular weight excluding hydrogens is 864 g/mol. The van der Waals surface area contributed by atoms with Gasteiger partial charge in [-0.05, 0) is 57.8 Å². The Morgan fingerprint density at radius 2 is 0.824 bits per heavy atom. The van der Waals surface area contributed by atoms with Crippen molar-refractivity contribution in [2.24, 2.45) is 0 Å². The van der Waals surface area contributed by atoms with Gasteiger partial charge in [-0.3, -0.25) is 9.36 Å². The van der Waals surface area contributed by atoms with Crippen LogP contribution in [0.15, 0.2) is 36.5 Å². The number of phosphoric ester groups is 1. The van der Waals surface area contributed by atoms with Crippen LogP contribution in [-0.2, 0) is 18.4 Å². The number of aliphatic hydroxyl groups excluding tert-OH is 1. The van der Waals surface area contributed by atoms with Gasteiger partial charge in [-0.2, -0.15) is 0 Å². The summed E-state index contributed by atoms with van der Waals surface area (Å²) in [6.07, 6.45) is 65.5. The third-order valence-electron chi connectivity index (χ3n) is 13.3. The van der Waals surface area contributed by atoms with Gasteiger partial charge in [0.1, 0.15) is 13.2 Å². The molecule has 0 saturated carbocycles. The van der Waals surface area contributed by atoms with Crippen LogP contribution in [0.3, 0.4) is 0 Å². The summed E-state index contributed by atoms with van der Waals surface area (Å²) in [5, 5.41) is 13.8. The normalized spacial score (nSPS) is 14.2. The second kappa shape index (κ2) is 50.7. The molecule has 3 atom stereocenters. The van der Waals surface area contributed by atoms with Gasteiger partial charge in [-0.1, -0.05) is 256 Å². The second-order valence-electron chi connectivity index (χ2n) is 21.3. The van der Waals surface area contributed by atoms with Crippen LogP contribution in [0.5, 0.6) is 0 Å². The van der Waals surface area contributed by atoms with Gasteiger partial charge >= 0.3 is 0 Å². The summed E-state index contributed by atoms with van der Waals surface area (Å²) in [5.74, 6) is -0.205. The van der Waals surface area contributed by atoms with Gasteiger partial charge in [-0.15, -0.1) is 0 Å². The van der Waals surface area contributed by atoms with Crippen LogP contribution in [0.2, 0.25) is 0 Å². The first kappa shape index (κ1) is 66.7. The zero-order chi connectivity index (χ0) is 49.9. The molecule has 0 spiro atoms. The lowest BCUT2D eigenvalue weighted by molar-refractivity contribution is -0.870. The van der Waals surface area contributed by atoms with E-state index in [-0.39, 0.29) is 12.5 Å². The molecular formula is C59H115N2O6P. The minimum atomic E-state index is -4.60. The van der Waals surface area contributed by atoms with Crippen LogP contribution in [0.4, 0.5) is 0 Å². The van der Waals surface area contributed by atoms with Gasteiger partial charge in [0.2, 0.25) is 5.91 Å². The van der Waals surface area contributed by atoms with Crippen molar-refractivity contribution >= 4 is 13.7 Å². The van der Waals surface area contributed by atoms with E-state index in [0.29, 0.717) is 17.4 Å². The number of likely N-dealkylation sites (N-methyl/N-ethyl adjacent to an activating group) is 1. The third-order valence-corrected chi connectivity index (χ3v) is 14.3. The number of rotatable bonds is 54. The molecule has 1 amide bonds. The van der Waals surface area contributed by atoms with Crippen LogP contribution in [0, 0.1) is 0 Å². The Balaban J connectivity index is 3.92. The lowest BCUT2D eigenvalue weighted by Gasteiger charge is -2.29. The van der Waals surface area contributed by atoms with E-state index >= 15 is 0 Å². The van der Waals surface area contributed by atoms with Gasteiger partial charge < -0.3 is 28.8 Å². The van der Waals surface area contributed by atoms with E-state index < -0.39 is 26.6 Å². The van der Waals surface area contributed by atoms with E-state index in [1.807, 2.05) is 27.2 Å². The molecule has 402 valence electrons. The topological polar surface area (TPSA) is 108 Å². The summed E-state index contributed by atoms with van der Waals surface area (Å²) in [6, 6.07) is -0.900. The Morgan fingerprint density at radius 1 is 0.500 bits per heavy atom. The van der Waals surface area contributed by atoms with Crippen molar-refractivity contribution in [3.05, 3.63) is 36.5 Å². The number of hydrogen-bond acceptors (Lipinski definition) is 6. The van der Waals surface area contributed by atoms with Crippen LogP contribution in [0.1, 0.15) is 284 Å². The van der Waals surface area contributed by atoms with Crippen molar-refractivity contribution in [2.45, 2.75) is 296 Å². The number of quaternary nitrogens is 1. The number of nitrogens with zero attached hydrogens (tertiary/aromatic N) is 1. The molecule has 9 heteroatoms. The van der Waals surface area contributed by atoms with Gasteiger partial charge in [0.25, 0.3) is 7.82 Å². The molecule has 0 aromatic carbocycles. The molecule has 0 bridgehead atoms. The zero-order valence-corrected chi connectivity index (χ0v) is 46.7. The molecule has 2 N–H and O–H groups in total. The van der Waals surface area contributed by atoms with Crippen molar-refractivity contribution in [3.8, 4) is 0 Å². The molecule has 0 aromatic heterocycles. The largest absolute Gasteiger partial charge is 0.756 e. The minimum Gasteiger partial charge on any atom is -0.756 e. The van der Waals surface area contributed by atoms with Crippen molar-refractivity contribution in [1.29, 1.82) is 0 Å². The molecule has 68 heavy (non-hydrogen) atoms. The van der Waals surface area contributed by atoms with Crippen LogP contribution < -0.4 is 10.2 Å². The summed E-state index contributed by atoms with van der Waals surface area (Å²) in [7, 11) is 1.25. The summed E-state index contributed by atoms with van der Waals surface area (Å²) in [4.78, 5) is 25.4. The molecule has 0 aromatic rings. The Kier molecular flexibility index (Phi) is 49.7. The average Bonchev–Trinajstić information content (AvgIpc) is 3.30. The SMILES string of the molecule is CCCCCCC/C=C/CC/C=C/C(O)C(COP(=O)([O-])OCC[N+](C)(C)C)NC(=O)CCCCCCCCCCCCCCCCCCC/C=C\CCCCCCCCCCCCCCCC. The Hall–Kier alpha value is -1.28. The van der Waals surface area contributed by atoms with E-state index in [1.165, 1.54) is 225 Å². The lowest BCUT2D eigenvalue weighted by Crippen LogP contribution is -2.45. The first-order chi connectivity index (χ1) is 33.0. The molecule has 3 unspecified atom stereocenters. The number of allylic oxidation sites excluding steroid dienone is 5. The Morgan fingerprint density at radius 3 is 1.19 bits per heavy atom. The van der Waals surface area contributed by atoms with Crippen LogP contribution in [-0.4, -0.2) is 68.5 Å². The molecule has 0 saturated heterocycles. The molecule has 0 aliphatic carbocycles. The van der Waals surface area contributed by atoms with Crippen LogP contribution >= 0.6 is 7.82 Å². The number of aliphatic hydroxyl groups is 1. The smallest absolute Gasteiger partial charge is 0.268 e. The fourth-order valence-electron chi connectivity index (χ4n) is 8.70. The number of carbonyl (C=O) groups excluding carboxylic acids is 1. The fraction of sp³-hybridized carbons (Fsp3) is 0.881. The van der Waals surface area contributed by atoms with Gasteiger partial charge in [-0.25, -0.2) is 0 Å². The molecule has 0 aliphatic heterocycles. The van der Waals surface area contributed by atoms with Crippen molar-refractivity contribution in [3.63, 3.8) is 0 Å². The molecule has 0 fully saturated rings. The fourth-order valence-corrected chi connectivity index (χ4v) is 9.42. The number of hydrogen-bond donors (Lipinski definition) is 2. The summed E-state index contributed by atoms with van der Waals surface area (Å²) in [6.45, 7) is 4.62.